The number of hydrogen-bond acceptors (Lipinski definition) is 8. The van der Waals surface area contributed by atoms with Crippen LogP contribution in [0.15, 0.2) is 84.4 Å². The van der Waals surface area contributed by atoms with Gasteiger partial charge in [0.25, 0.3) is 0 Å². The number of fused-ring (bicyclic) bond motifs is 1. The molecule has 5 aromatic rings. The van der Waals surface area contributed by atoms with Crippen molar-refractivity contribution in [2.75, 3.05) is 17.3 Å². The van der Waals surface area contributed by atoms with Gasteiger partial charge in [0.1, 0.15) is 12.1 Å². The van der Waals surface area contributed by atoms with Crippen molar-refractivity contribution in [2.24, 2.45) is 5.11 Å². The molecule has 0 spiro atoms. The summed E-state index contributed by atoms with van der Waals surface area (Å²) in [4.78, 5) is 23.1. The van der Waals surface area contributed by atoms with Crippen LogP contribution in [0.3, 0.4) is 0 Å². The highest BCUT2D eigenvalue weighted by Crippen LogP contribution is 2.26. The number of azide groups is 1. The van der Waals surface area contributed by atoms with Gasteiger partial charge < -0.3 is 5.32 Å². The van der Waals surface area contributed by atoms with Gasteiger partial charge in [0.2, 0.25) is 11.9 Å². The van der Waals surface area contributed by atoms with E-state index in [2.05, 4.69) is 43.4 Å². The first-order chi connectivity index (χ1) is 18.1. The molecule has 0 aliphatic heterocycles. The van der Waals surface area contributed by atoms with Gasteiger partial charge in [-0.1, -0.05) is 59.7 Å². The zero-order chi connectivity index (χ0) is 25.6. The maximum absolute atomic E-state index is 8.57. The first-order valence-electron chi connectivity index (χ1n) is 11.8. The second-order valence-electron chi connectivity index (χ2n) is 8.59. The quantitative estimate of drug-likeness (QED) is 0.170. The van der Waals surface area contributed by atoms with Crippen molar-refractivity contribution in [1.82, 2.24) is 29.5 Å². The van der Waals surface area contributed by atoms with E-state index in [1.54, 1.807) is 10.7 Å². The maximum Gasteiger partial charge on any atom is 0.234 e. The minimum absolute atomic E-state index is 0.0665. The minimum atomic E-state index is 0.0665. The molecule has 0 bridgehead atoms. The third-order valence-electron chi connectivity index (χ3n) is 5.83. The van der Waals surface area contributed by atoms with Crippen molar-refractivity contribution in [3.05, 3.63) is 101 Å². The van der Waals surface area contributed by atoms with Crippen LogP contribution in [-0.2, 0) is 13.0 Å². The Hall–Kier alpha value is -5.02. The highest BCUT2D eigenvalue weighted by Gasteiger charge is 2.16. The summed E-state index contributed by atoms with van der Waals surface area (Å²) in [5, 5.41) is 11.4. The van der Waals surface area contributed by atoms with E-state index in [0.29, 0.717) is 29.9 Å². The second kappa shape index (κ2) is 10.7. The van der Waals surface area contributed by atoms with E-state index in [-0.39, 0.29) is 6.04 Å². The molecule has 0 aliphatic carbocycles. The molecule has 37 heavy (non-hydrogen) atoms. The molecule has 184 valence electrons. The standard InChI is InChI=1S/C26H25N11/c1-18(13-19-7-6-8-20(14-19)16-30-35-27)32-25-28-12-11-23(34-25)36(2)26-33-22(21-9-4-3-5-10-21)15-24-29-17-31-37(24)26/h3-12,14-15,17-18H,13,16H2,1-2H3,(H,28,32,34). The lowest BCUT2D eigenvalue weighted by atomic mass is 10.0. The summed E-state index contributed by atoms with van der Waals surface area (Å²) < 4.78 is 1.69. The van der Waals surface area contributed by atoms with Gasteiger partial charge in [0.15, 0.2) is 5.65 Å². The molecular weight excluding hydrogens is 466 g/mol. The van der Waals surface area contributed by atoms with E-state index in [4.69, 9.17) is 15.5 Å². The topological polar surface area (TPSA) is 133 Å². The fourth-order valence-corrected chi connectivity index (χ4v) is 4.09. The third-order valence-corrected chi connectivity index (χ3v) is 5.83. The Kier molecular flexibility index (Phi) is 6.87. The molecule has 0 aliphatic rings. The number of rotatable bonds is 9. The van der Waals surface area contributed by atoms with E-state index in [1.807, 2.05) is 72.6 Å². The summed E-state index contributed by atoms with van der Waals surface area (Å²) in [6.45, 7) is 2.41. The lowest BCUT2D eigenvalue weighted by Gasteiger charge is -2.20. The van der Waals surface area contributed by atoms with Crippen molar-refractivity contribution >= 4 is 23.4 Å². The Morgan fingerprint density at radius 2 is 1.86 bits per heavy atom. The van der Waals surface area contributed by atoms with Gasteiger partial charge >= 0.3 is 0 Å². The van der Waals surface area contributed by atoms with Crippen molar-refractivity contribution in [3.63, 3.8) is 0 Å². The fraction of sp³-hybridized carbons (Fsp3) is 0.192. The van der Waals surface area contributed by atoms with Crippen molar-refractivity contribution in [2.45, 2.75) is 25.9 Å². The lowest BCUT2D eigenvalue weighted by molar-refractivity contribution is 0.774. The smallest absolute Gasteiger partial charge is 0.234 e. The maximum atomic E-state index is 8.57. The normalized spacial score (nSPS) is 11.6. The molecule has 2 aromatic carbocycles. The predicted octanol–water partition coefficient (Wildman–Crippen LogP) is 5.20. The van der Waals surface area contributed by atoms with Crippen LogP contribution in [-0.4, -0.2) is 42.6 Å². The van der Waals surface area contributed by atoms with Gasteiger partial charge in [-0.3, -0.25) is 4.90 Å². The molecule has 11 heteroatoms. The SMILES string of the molecule is CC(Cc1cccc(CN=[N+]=[N-])c1)Nc1nccc(N(C)c2nc(-c3ccccc3)cc3ncnn23)n1. The first-order valence-corrected chi connectivity index (χ1v) is 11.8. The molecule has 0 amide bonds. The molecule has 3 heterocycles. The predicted molar refractivity (Wildman–Crippen MR) is 142 cm³/mol. The highest BCUT2D eigenvalue weighted by atomic mass is 15.4. The number of aromatic nitrogens is 6. The van der Waals surface area contributed by atoms with Crippen molar-refractivity contribution < 1.29 is 0 Å². The summed E-state index contributed by atoms with van der Waals surface area (Å²) >= 11 is 0. The average Bonchev–Trinajstić information content (AvgIpc) is 3.41. The zero-order valence-electron chi connectivity index (χ0n) is 20.5. The Bertz CT molecular complexity index is 1560. The van der Waals surface area contributed by atoms with Crippen LogP contribution < -0.4 is 10.2 Å². The van der Waals surface area contributed by atoms with Crippen molar-refractivity contribution in [3.8, 4) is 11.3 Å². The van der Waals surface area contributed by atoms with E-state index in [1.165, 1.54) is 6.33 Å². The molecule has 1 unspecified atom stereocenters. The molecule has 0 fully saturated rings. The van der Waals surface area contributed by atoms with E-state index in [9.17, 15) is 0 Å². The van der Waals surface area contributed by atoms with E-state index in [0.717, 1.165) is 28.8 Å². The number of benzene rings is 2. The van der Waals surface area contributed by atoms with Gasteiger partial charge in [0, 0.05) is 35.8 Å². The number of hydrogen-bond donors (Lipinski definition) is 1. The molecule has 11 nitrogen and oxygen atoms in total. The minimum Gasteiger partial charge on any atom is -0.351 e. The first kappa shape index (κ1) is 23.7. The largest absolute Gasteiger partial charge is 0.351 e. The van der Waals surface area contributed by atoms with Gasteiger partial charge in [-0.05, 0) is 36.1 Å². The third kappa shape index (κ3) is 5.47. The van der Waals surface area contributed by atoms with E-state index >= 15 is 0 Å². The van der Waals surface area contributed by atoms with Gasteiger partial charge in [0.05, 0.1) is 12.2 Å². The van der Waals surface area contributed by atoms with Crippen LogP contribution in [0, 0.1) is 0 Å². The highest BCUT2D eigenvalue weighted by molar-refractivity contribution is 5.67. The molecule has 5 rings (SSSR count). The molecule has 1 atom stereocenters. The Balaban J connectivity index is 1.36. The van der Waals surface area contributed by atoms with Crippen LogP contribution in [0.1, 0.15) is 18.1 Å². The monoisotopic (exact) mass is 491 g/mol. The van der Waals surface area contributed by atoms with Gasteiger partial charge in [-0.15, -0.1) is 0 Å². The molecule has 3 aromatic heterocycles. The van der Waals surface area contributed by atoms with Crippen molar-refractivity contribution in [1.29, 1.82) is 0 Å². The van der Waals surface area contributed by atoms with Crippen LogP contribution in [0.4, 0.5) is 17.7 Å². The second-order valence-corrected chi connectivity index (χ2v) is 8.59. The Morgan fingerprint density at radius 1 is 1.03 bits per heavy atom. The summed E-state index contributed by atoms with van der Waals surface area (Å²) in [5.41, 5.74) is 13.2. The number of nitrogens with zero attached hydrogens (tertiary/aromatic N) is 10. The summed E-state index contributed by atoms with van der Waals surface area (Å²) in [5.74, 6) is 1.76. The van der Waals surface area contributed by atoms with Gasteiger partial charge in [-0.2, -0.15) is 14.6 Å². The van der Waals surface area contributed by atoms with Crippen LogP contribution in [0.5, 0.6) is 0 Å². The van der Waals surface area contributed by atoms with Crippen LogP contribution >= 0.6 is 0 Å². The molecule has 1 N–H and O–H groups in total. The van der Waals surface area contributed by atoms with Crippen LogP contribution in [0.2, 0.25) is 0 Å². The zero-order valence-corrected chi connectivity index (χ0v) is 20.5. The Morgan fingerprint density at radius 3 is 2.70 bits per heavy atom. The molecule has 0 saturated heterocycles. The number of anilines is 3. The Labute approximate surface area is 213 Å². The summed E-state index contributed by atoms with van der Waals surface area (Å²) in [6, 6.07) is 21.8. The van der Waals surface area contributed by atoms with Gasteiger partial charge in [-0.25, -0.2) is 15.0 Å². The lowest BCUT2D eigenvalue weighted by Crippen LogP contribution is -2.22. The van der Waals surface area contributed by atoms with E-state index < -0.39 is 0 Å². The summed E-state index contributed by atoms with van der Waals surface area (Å²) in [7, 11) is 1.89. The molecular formula is C26H25N11. The average molecular weight is 492 g/mol. The molecule has 0 radical (unpaired) electrons. The van der Waals surface area contributed by atoms with Crippen LogP contribution in [0.25, 0.3) is 27.3 Å². The molecule has 0 saturated carbocycles. The fourth-order valence-electron chi connectivity index (χ4n) is 4.09. The number of nitrogens with one attached hydrogen (secondary N) is 1. The summed E-state index contributed by atoms with van der Waals surface area (Å²) in [6.07, 6.45) is 3.99.